The quantitative estimate of drug-likeness (QED) is 0.609. The molecule has 0 atom stereocenters. The molecule has 0 radical (unpaired) electrons. The van der Waals surface area contributed by atoms with Crippen molar-refractivity contribution in [2.45, 2.75) is 46.1 Å². The Morgan fingerprint density at radius 2 is 1.72 bits per heavy atom. The van der Waals surface area contributed by atoms with Gasteiger partial charge in [-0.3, -0.25) is 9.59 Å². The summed E-state index contributed by atoms with van der Waals surface area (Å²) in [5.41, 5.74) is -1.73. The largest absolute Gasteiger partial charge is 0.465 e. The van der Waals surface area contributed by atoms with Crippen LogP contribution in [0.3, 0.4) is 0 Å². The topological polar surface area (TPSA) is 64.6 Å². The van der Waals surface area contributed by atoms with E-state index in [-0.39, 0.29) is 6.61 Å². The minimum Gasteiger partial charge on any atom is -0.465 e. The average molecular weight is 257 g/mol. The molecule has 1 rings (SSSR count). The Hall–Kier alpha value is -1.10. The molecule has 0 unspecified atom stereocenters. The van der Waals surface area contributed by atoms with Crippen molar-refractivity contribution in [3.8, 4) is 0 Å². The zero-order valence-electron chi connectivity index (χ0n) is 11.7. The SMILES string of the molecule is CCOC(=O)C1(C(=O)OC(C)(C)C)CCNCC1. The Kier molecular flexibility index (Phi) is 4.73. The van der Waals surface area contributed by atoms with Crippen LogP contribution >= 0.6 is 0 Å². The lowest BCUT2D eigenvalue weighted by Gasteiger charge is -2.35. The molecule has 18 heavy (non-hydrogen) atoms. The van der Waals surface area contributed by atoms with Crippen molar-refractivity contribution < 1.29 is 19.1 Å². The first-order chi connectivity index (χ1) is 8.32. The van der Waals surface area contributed by atoms with Crippen LogP contribution < -0.4 is 5.32 Å². The van der Waals surface area contributed by atoms with Gasteiger partial charge >= 0.3 is 11.9 Å². The fourth-order valence-electron chi connectivity index (χ4n) is 1.99. The summed E-state index contributed by atoms with van der Waals surface area (Å²) in [4.78, 5) is 24.4. The molecule has 1 aliphatic rings. The number of hydrogen-bond acceptors (Lipinski definition) is 5. The predicted molar refractivity (Wildman–Crippen MR) is 67.0 cm³/mol. The molecule has 0 aromatic carbocycles. The van der Waals surface area contributed by atoms with Gasteiger partial charge in [0.15, 0.2) is 5.41 Å². The molecule has 1 saturated heterocycles. The lowest BCUT2D eigenvalue weighted by Crippen LogP contribution is -2.50. The smallest absolute Gasteiger partial charge is 0.324 e. The van der Waals surface area contributed by atoms with E-state index in [0.29, 0.717) is 25.9 Å². The molecule has 104 valence electrons. The number of carbonyl (C=O) groups is 2. The Bertz CT molecular complexity index is 313. The highest BCUT2D eigenvalue weighted by Gasteiger charge is 2.50. The van der Waals surface area contributed by atoms with Crippen LogP contribution in [0.2, 0.25) is 0 Å². The first kappa shape index (κ1) is 15.0. The molecule has 1 aliphatic heterocycles. The zero-order valence-corrected chi connectivity index (χ0v) is 11.7. The van der Waals surface area contributed by atoms with Gasteiger partial charge in [0.2, 0.25) is 0 Å². The van der Waals surface area contributed by atoms with E-state index in [1.165, 1.54) is 0 Å². The Balaban J connectivity index is 2.89. The van der Waals surface area contributed by atoms with Gasteiger partial charge in [-0.25, -0.2) is 0 Å². The first-order valence-corrected chi connectivity index (χ1v) is 6.43. The predicted octanol–water partition coefficient (Wildman–Crippen LogP) is 1.26. The number of carbonyl (C=O) groups excluding carboxylic acids is 2. The van der Waals surface area contributed by atoms with Gasteiger partial charge in [0.1, 0.15) is 5.60 Å². The Morgan fingerprint density at radius 3 is 2.17 bits per heavy atom. The summed E-state index contributed by atoms with van der Waals surface area (Å²) >= 11 is 0. The Morgan fingerprint density at radius 1 is 1.17 bits per heavy atom. The molecule has 0 aromatic rings. The van der Waals surface area contributed by atoms with Gasteiger partial charge in [-0.05, 0) is 53.6 Å². The normalized spacial score (nSPS) is 19.1. The summed E-state index contributed by atoms with van der Waals surface area (Å²) in [6, 6.07) is 0. The van der Waals surface area contributed by atoms with Crippen molar-refractivity contribution in [3.05, 3.63) is 0 Å². The minimum absolute atomic E-state index is 0.275. The molecule has 1 fully saturated rings. The third-order valence-corrected chi connectivity index (χ3v) is 2.91. The second-order valence-corrected chi connectivity index (χ2v) is 5.55. The van der Waals surface area contributed by atoms with E-state index >= 15 is 0 Å². The van der Waals surface area contributed by atoms with Crippen LogP contribution in [-0.2, 0) is 19.1 Å². The molecule has 1 N–H and O–H groups in total. The van der Waals surface area contributed by atoms with E-state index in [1.807, 2.05) is 0 Å². The lowest BCUT2D eigenvalue weighted by molar-refractivity contribution is -0.181. The van der Waals surface area contributed by atoms with Crippen LogP contribution in [-0.4, -0.2) is 37.2 Å². The van der Waals surface area contributed by atoms with E-state index in [1.54, 1.807) is 27.7 Å². The Labute approximate surface area is 108 Å². The highest BCUT2D eigenvalue weighted by Crippen LogP contribution is 2.33. The maximum absolute atomic E-state index is 12.3. The van der Waals surface area contributed by atoms with Crippen molar-refractivity contribution in [2.24, 2.45) is 5.41 Å². The number of rotatable bonds is 3. The molecule has 0 aromatic heterocycles. The summed E-state index contributed by atoms with van der Waals surface area (Å²) in [7, 11) is 0. The van der Waals surface area contributed by atoms with Crippen LogP contribution in [0.4, 0.5) is 0 Å². The van der Waals surface area contributed by atoms with E-state index < -0.39 is 23.0 Å². The van der Waals surface area contributed by atoms with Gasteiger partial charge in [0, 0.05) is 0 Å². The summed E-state index contributed by atoms with van der Waals surface area (Å²) < 4.78 is 10.4. The van der Waals surface area contributed by atoms with Crippen molar-refractivity contribution in [3.63, 3.8) is 0 Å². The number of esters is 2. The average Bonchev–Trinajstić information content (AvgIpc) is 2.28. The van der Waals surface area contributed by atoms with E-state index in [0.717, 1.165) is 0 Å². The van der Waals surface area contributed by atoms with Gasteiger partial charge in [-0.15, -0.1) is 0 Å². The third kappa shape index (κ3) is 3.45. The molecule has 1 heterocycles. The van der Waals surface area contributed by atoms with Crippen molar-refractivity contribution in [1.29, 1.82) is 0 Å². The van der Waals surface area contributed by atoms with Gasteiger partial charge in [-0.1, -0.05) is 0 Å². The van der Waals surface area contributed by atoms with E-state index in [9.17, 15) is 9.59 Å². The molecule has 0 aliphatic carbocycles. The maximum Gasteiger partial charge on any atom is 0.324 e. The number of piperidine rings is 1. The first-order valence-electron chi connectivity index (χ1n) is 6.43. The van der Waals surface area contributed by atoms with E-state index in [2.05, 4.69) is 5.32 Å². The van der Waals surface area contributed by atoms with Crippen LogP contribution in [0.25, 0.3) is 0 Å². The molecule has 5 nitrogen and oxygen atoms in total. The molecular weight excluding hydrogens is 234 g/mol. The zero-order chi connectivity index (χ0) is 13.8. The fraction of sp³-hybridized carbons (Fsp3) is 0.846. The van der Waals surface area contributed by atoms with Crippen molar-refractivity contribution in [2.75, 3.05) is 19.7 Å². The second kappa shape index (κ2) is 5.69. The summed E-state index contributed by atoms with van der Waals surface area (Å²) in [6.07, 6.45) is 0.863. The summed E-state index contributed by atoms with van der Waals surface area (Å²) in [5, 5.41) is 3.14. The van der Waals surface area contributed by atoms with Crippen molar-refractivity contribution in [1.82, 2.24) is 5.32 Å². The monoisotopic (exact) mass is 257 g/mol. The highest BCUT2D eigenvalue weighted by atomic mass is 16.6. The molecule has 5 heteroatoms. The minimum atomic E-state index is -1.13. The summed E-state index contributed by atoms with van der Waals surface area (Å²) in [5.74, 6) is -0.921. The highest BCUT2D eigenvalue weighted by molar-refractivity contribution is 6.00. The number of ether oxygens (including phenoxy) is 2. The van der Waals surface area contributed by atoms with E-state index in [4.69, 9.17) is 9.47 Å². The maximum atomic E-state index is 12.3. The lowest BCUT2D eigenvalue weighted by atomic mass is 9.79. The van der Waals surface area contributed by atoms with Crippen LogP contribution in [0.5, 0.6) is 0 Å². The molecule has 0 saturated carbocycles. The molecule has 0 amide bonds. The number of hydrogen-bond donors (Lipinski definition) is 1. The van der Waals surface area contributed by atoms with Gasteiger partial charge < -0.3 is 14.8 Å². The van der Waals surface area contributed by atoms with Gasteiger partial charge in [-0.2, -0.15) is 0 Å². The molecular formula is C13H23NO4. The van der Waals surface area contributed by atoms with Gasteiger partial charge in [0.25, 0.3) is 0 Å². The molecule has 0 spiro atoms. The standard InChI is InChI=1S/C13H23NO4/c1-5-17-10(15)13(6-8-14-9-7-13)11(16)18-12(2,3)4/h14H,5-9H2,1-4H3. The summed E-state index contributed by atoms with van der Waals surface area (Å²) in [6.45, 7) is 8.65. The van der Waals surface area contributed by atoms with Crippen LogP contribution in [0.15, 0.2) is 0 Å². The van der Waals surface area contributed by atoms with Crippen LogP contribution in [0.1, 0.15) is 40.5 Å². The third-order valence-electron chi connectivity index (χ3n) is 2.91. The van der Waals surface area contributed by atoms with Gasteiger partial charge in [0.05, 0.1) is 6.61 Å². The number of nitrogens with one attached hydrogen (secondary N) is 1. The second-order valence-electron chi connectivity index (χ2n) is 5.55. The van der Waals surface area contributed by atoms with Crippen LogP contribution in [0, 0.1) is 5.41 Å². The van der Waals surface area contributed by atoms with Crippen molar-refractivity contribution >= 4 is 11.9 Å². The fourth-order valence-corrected chi connectivity index (χ4v) is 1.99. The molecule has 0 bridgehead atoms.